The van der Waals surface area contributed by atoms with Crippen molar-refractivity contribution in [1.29, 1.82) is 0 Å². The number of nitrogens with one attached hydrogen (secondary N) is 2. The Hall–Kier alpha value is -2.67. The molecule has 7 nitrogen and oxygen atoms in total. The Morgan fingerprint density at radius 3 is 2.67 bits per heavy atom. The van der Waals surface area contributed by atoms with Crippen molar-refractivity contribution in [1.82, 2.24) is 5.32 Å². The molecule has 0 spiro atoms. The van der Waals surface area contributed by atoms with Crippen molar-refractivity contribution in [2.75, 3.05) is 32.6 Å². The molecule has 7 heteroatoms. The minimum absolute atomic E-state index is 0.177. The first-order valence-electron chi connectivity index (χ1n) is 7.66. The Bertz CT molecular complexity index is 656. The number of aliphatic imine (C=N–C) groups is 1. The van der Waals surface area contributed by atoms with Crippen LogP contribution in [-0.4, -0.2) is 38.4 Å². The fraction of sp³-hybridized carbons (Fsp3) is 0.353. The molecule has 1 aromatic heterocycles. The predicted octanol–water partition coefficient (Wildman–Crippen LogP) is 2.41. The molecule has 0 aliphatic rings. The third-order valence-corrected chi connectivity index (χ3v) is 3.28. The fourth-order valence-corrected chi connectivity index (χ4v) is 2.11. The van der Waals surface area contributed by atoms with Crippen LogP contribution >= 0.6 is 0 Å². The summed E-state index contributed by atoms with van der Waals surface area (Å²) in [6.07, 6.45) is 0.732. The summed E-state index contributed by atoms with van der Waals surface area (Å²) in [5, 5.41) is 16.3. The summed E-state index contributed by atoms with van der Waals surface area (Å²) in [6.45, 7) is 2.83. The Kier molecular flexibility index (Phi) is 6.51. The van der Waals surface area contributed by atoms with Gasteiger partial charge in [0.25, 0.3) is 0 Å². The molecule has 0 saturated heterocycles. The molecule has 1 atom stereocenters. The quantitative estimate of drug-likeness (QED) is 0.533. The summed E-state index contributed by atoms with van der Waals surface area (Å²) in [5.74, 6) is 2.31. The second-order valence-corrected chi connectivity index (χ2v) is 4.95. The zero-order chi connectivity index (χ0) is 17.4. The summed E-state index contributed by atoms with van der Waals surface area (Å²) >= 11 is 0. The van der Waals surface area contributed by atoms with E-state index in [9.17, 15) is 5.11 Å². The van der Waals surface area contributed by atoms with E-state index in [-0.39, 0.29) is 6.54 Å². The van der Waals surface area contributed by atoms with Gasteiger partial charge in [-0.1, -0.05) is 0 Å². The van der Waals surface area contributed by atoms with Gasteiger partial charge in [0.1, 0.15) is 11.9 Å². The van der Waals surface area contributed by atoms with Crippen molar-refractivity contribution in [3.05, 3.63) is 42.4 Å². The van der Waals surface area contributed by atoms with E-state index in [4.69, 9.17) is 13.9 Å². The molecule has 1 aromatic carbocycles. The van der Waals surface area contributed by atoms with Gasteiger partial charge < -0.3 is 29.6 Å². The van der Waals surface area contributed by atoms with Crippen LogP contribution in [0.25, 0.3) is 0 Å². The van der Waals surface area contributed by atoms with Gasteiger partial charge in [-0.05, 0) is 31.2 Å². The summed E-state index contributed by atoms with van der Waals surface area (Å²) in [7, 11) is 3.17. The zero-order valence-corrected chi connectivity index (χ0v) is 14.1. The van der Waals surface area contributed by atoms with Gasteiger partial charge in [-0.2, -0.15) is 0 Å². The van der Waals surface area contributed by atoms with Crippen LogP contribution in [0.1, 0.15) is 18.8 Å². The number of rotatable bonds is 7. The minimum atomic E-state index is -0.791. The van der Waals surface area contributed by atoms with E-state index in [0.717, 1.165) is 5.69 Å². The monoisotopic (exact) mass is 333 g/mol. The highest BCUT2D eigenvalue weighted by Gasteiger charge is 2.11. The number of aliphatic hydroxyl groups excluding tert-OH is 1. The summed E-state index contributed by atoms with van der Waals surface area (Å²) in [5.41, 5.74) is 0.792. The van der Waals surface area contributed by atoms with E-state index in [1.807, 2.05) is 25.1 Å². The lowest BCUT2D eigenvalue weighted by Gasteiger charge is -2.14. The Balaban J connectivity index is 2.08. The van der Waals surface area contributed by atoms with Crippen LogP contribution in [-0.2, 0) is 0 Å². The topological polar surface area (TPSA) is 88.3 Å². The van der Waals surface area contributed by atoms with Crippen molar-refractivity contribution in [3.8, 4) is 11.5 Å². The first kappa shape index (κ1) is 17.7. The van der Waals surface area contributed by atoms with Crippen LogP contribution in [0.5, 0.6) is 11.5 Å². The highest BCUT2D eigenvalue weighted by atomic mass is 16.5. The fourth-order valence-electron chi connectivity index (χ4n) is 2.11. The van der Waals surface area contributed by atoms with Gasteiger partial charge in [0.05, 0.1) is 27.0 Å². The van der Waals surface area contributed by atoms with Gasteiger partial charge in [0.2, 0.25) is 0 Å². The number of aliphatic hydroxyl groups is 1. The molecule has 0 aliphatic heterocycles. The van der Waals surface area contributed by atoms with Crippen molar-refractivity contribution >= 4 is 11.6 Å². The molecule has 1 unspecified atom stereocenters. The van der Waals surface area contributed by atoms with E-state index < -0.39 is 6.10 Å². The Labute approximate surface area is 141 Å². The van der Waals surface area contributed by atoms with Crippen LogP contribution in [0.2, 0.25) is 0 Å². The lowest BCUT2D eigenvalue weighted by atomic mass is 10.2. The number of furan rings is 1. The van der Waals surface area contributed by atoms with Crippen LogP contribution in [0, 0.1) is 0 Å². The third-order valence-electron chi connectivity index (χ3n) is 3.28. The largest absolute Gasteiger partial charge is 0.493 e. The van der Waals surface area contributed by atoms with Crippen molar-refractivity contribution in [2.24, 2.45) is 4.99 Å². The Morgan fingerprint density at radius 2 is 2.04 bits per heavy atom. The predicted molar refractivity (Wildman–Crippen MR) is 92.8 cm³/mol. The first-order valence-corrected chi connectivity index (χ1v) is 7.66. The highest BCUT2D eigenvalue weighted by molar-refractivity contribution is 5.93. The number of benzene rings is 1. The maximum atomic E-state index is 10.1. The molecule has 24 heavy (non-hydrogen) atoms. The second kappa shape index (κ2) is 8.83. The normalized spacial score (nSPS) is 12.6. The standard InChI is InChI=1S/C17H23N3O4/c1-4-18-17(19-11-13(21)14-6-5-9-24-14)20-12-7-8-15(22-2)16(10-12)23-3/h5-10,13,21H,4,11H2,1-3H3,(H2,18,19,20). The smallest absolute Gasteiger partial charge is 0.195 e. The van der Waals surface area contributed by atoms with E-state index in [0.29, 0.717) is 29.8 Å². The average molecular weight is 333 g/mol. The van der Waals surface area contributed by atoms with E-state index in [2.05, 4.69) is 15.6 Å². The molecule has 0 fully saturated rings. The average Bonchev–Trinajstić information content (AvgIpc) is 3.14. The Morgan fingerprint density at radius 1 is 1.25 bits per heavy atom. The van der Waals surface area contributed by atoms with E-state index in [1.165, 1.54) is 6.26 Å². The number of nitrogens with zero attached hydrogens (tertiary/aromatic N) is 1. The van der Waals surface area contributed by atoms with Crippen molar-refractivity contribution < 1.29 is 19.0 Å². The van der Waals surface area contributed by atoms with E-state index in [1.54, 1.807) is 26.4 Å². The van der Waals surface area contributed by atoms with Gasteiger partial charge in [0.15, 0.2) is 17.5 Å². The number of anilines is 1. The third kappa shape index (κ3) is 4.66. The molecule has 3 N–H and O–H groups in total. The maximum Gasteiger partial charge on any atom is 0.195 e. The van der Waals surface area contributed by atoms with E-state index >= 15 is 0 Å². The van der Waals surface area contributed by atoms with Gasteiger partial charge in [0, 0.05) is 18.3 Å². The lowest BCUT2D eigenvalue weighted by Crippen LogP contribution is -2.31. The molecular formula is C17H23N3O4. The highest BCUT2D eigenvalue weighted by Crippen LogP contribution is 2.29. The number of methoxy groups -OCH3 is 2. The molecule has 2 rings (SSSR count). The molecule has 0 amide bonds. The molecule has 0 saturated carbocycles. The lowest BCUT2D eigenvalue weighted by molar-refractivity contribution is 0.158. The minimum Gasteiger partial charge on any atom is -0.493 e. The number of hydrogen-bond acceptors (Lipinski definition) is 5. The number of hydrogen-bond donors (Lipinski definition) is 3. The van der Waals surface area contributed by atoms with Crippen LogP contribution in [0.3, 0.4) is 0 Å². The van der Waals surface area contributed by atoms with Gasteiger partial charge >= 0.3 is 0 Å². The molecular weight excluding hydrogens is 310 g/mol. The van der Waals surface area contributed by atoms with Gasteiger partial charge in [-0.15, -0.1) is 0 Å². The number of ether oxygens (including phenoxy) is 2. The van der Waals surface area contributed by atoms with Crippen molar-refractivity contribution in [2.45, 2.75) is 13.0 Å². The molecule has 1 heterocycles. The SMILES string of the molecule is CCNC(=NCC(O)c1ccco1)Nc1ccc(OC)c(OC)c1. The molecule has 0 radical (unpaired) electrons. The van der Waals surface area contributed by atoms with Gasteiger partial charge in [-0.3, -0.25) is 0 Å². The second-order valence-electron chi connectivity index (χ2n) is 4.95. The summed E-state index contributed by atoms with van der Waals surface area (Å²) in [6, 6.07) is 8.93. The molecule has 0 aliphatic carbocycles. The maximum absolute atomic E-state index is 10.1. The molecule has 2 aromatic rings. The molecule has 130 valence electrons. The zero-order valence-electron chi connectivity index (χ0n) is 14.1. The van der Waals surface area contributed by atoms with Gasteiger partial charge in [-0.25, -0.2) is 4.99 Å². The number of guanidine groups is 1. The molecule has 0 bridgehead atoms. The summed E-state index contributed by atoms with van der Waals surface area (Å²) in [4.78, 5) is 4.38. The van der Waals surface area contributed by atoms with Crippen LogP contribution < -0.4 is 20.1 Å². The summed E-state index contributed by atoms with van der Waals surface area (Å²) < 4.78 is 15.7. The van der Waals surface area contributed by atoms with Crippen LogP contribution in [0.15, 0.2) is 46.0 Å². The van der Waals surface area contributed by atoms with Crippen LogP contribution in [0.4, 0.5) is 5.69 Å². The van der Waals surface area contributed by atoms with Crippen molar-refractivity contribution in [3.63, 3.8) is 0 Å². The first-order chi connectivity index (χ1) is 11.7.